The maximum absolute atomic E-state index is 12.2. The van der Waals surface area contributed by atoms with E-state index in [2.05, 4.69) is 6.92 Å². The van der Waals surface area contributed by atoms with Gasteiger partial charge in [0, 0.05) is 12.1 Å². The summed E-state index contributed by atoms with van der Waals surface area (Å²) in [5.41, 5.74) is -0.254. The topological polar surface area (TPSA) is 46.6 Å². The van der Waals surface area contributed by atoms with Gasteiger partial charge in [-0.15, -0.1) is 0 Å². The zero-order valence-corrected chi connectivity index (χ0v) is 12.4. The minimum absolute atomic E-state index is 0.0794. The molecule has 0 aromatic carbocycles. The van der Waals surface area contributed by atoms with Crippen LogP contribution in [-0.2, 0) is 14.8 Å². The Hall–Kier alpha value is -0.130. The highest BCUT2D eigenvalue weighted by Gasteiger charge is 2.42. The van der Waals surface area contributed by atoms with E-state index >= 15 is 0 Å². The van der Waals surface area contributed by atoms with Crippen molar-refractivity contribution < 1.29 is 13.2 Å². The van der Waals surface area contributed by atoms with E-state index in [0.717, 1.165) is 6.42 Å². The Kier molecular flexibility index (Phi) is 4.60. The van der Waals surface area contributed by atoms with Crippen molar-refractivity contribution >= 4 is 10.0 Å². The van der Waals surface area contributed by atoms with Crippen LogP contribution in [0.3, 0.4) is 0 Å². The quantitative estimate of drug-likeness (QED) is 0.760. The summed E-state index contributed by atoms with van der Waals surface area (Å²) in [7, 11) is -3.19. The number of nitrogens with zero attached hydrogens (tertiary/aromatic N) is 1. The van der Waals surface area contributed by atoms with E-state index in [0.29, 0.717) is 12.5 Å². The molecule has 0 bridgehead atoms. The fraction of sp³-hybridized carbons (Fsp3) is 1.00. The molecule has 0 radical (unpaired) electrons. The Morgan fingerprint density at radius 1 is 1.41 bits per heavy atom. The monoisotopic (exact) mass is 263 g/mol. The molecule has 0 amide bonds. The van der Waals surface area contributed by atoms with E-state index in [1.165, 1.54) is 0 Å². The Labute approximate surface area is 105 Å². The zero-order chi connectivity index (χ0) is 13.3. The predicted octanol–water partition coefficient (Wildman–Crippen LogP) is 1.86. The number of rotatable bonds is 5. The zero-order valence-electron chi connectivity index (χ0n) is 11.6. The molecule has 1 aliphatic heterocycles. The van der Waals surface area contributed by atoms with Crippen molar-refractivity contribution in [3.8, 4) is 0 Å². The lowest BCUT2D eigenvalue weighted by Gasteiger charge is -2.30. The van der Waals surface area contributed by atoms with Gasteiger partial charge in [-0.05, 0) is 40.0 Å². The first-order valence-electron chi connectivity index (χ1n) is 6.27. The number of hydrogen-bond donors (Lipinski definition) is 0. The summed E-state index contributed by atoms with van der Waals surface area (Å²) in [5.74, 6) is 0.521. The second-order valence-electron chi connectivity index (χ2n) is 5.89. The molecular weight excluding hydrogens is 238 g/mol. The van der Waals surface area contributed by atoms with Crippen molar-refractivity contribution in [2.45, 2.75) is 52.7 Å². The summed E-state index contributed by atoms with van der Waals surface area (Å²) in [6.07, 6.45) is 1.01. The fourth-order valence-electron chi connectivity index (χ4n) is 2.54. The Morgan fingerprint density at radius 3 is 2.41 bits per heavy atom. The van der Waals surface area contributed by atoms with E-state index in [4.69, 9.17) is 4.74 Å². The maximum atomic E-state index is 12.2. The predicted molar refractivity (Wildman–Crippen MR) is 69.4 cm³/mol. The summed E-state index contributed by atoms with van der Waals surface area (Å²) in [6.45, 7) is 10.8. The highest BCUT2D eigenvalue weighted by Crippen LogP contribution is 2.34. The molecule has 0 aromatic heterocycles. The fourth-order valence-corrected chi connectivity index (χ4v) is 4.38. The number of hydrogen-bond acceptors (Lipinski definition) is 3. The van der Waals surface area contributed by atoms with Gasteiger partial charge in [0.15, 0.2) is 0 Å². The van der Waals surface area contributed by atoms with Gasteiger partial charge in [-0.25, -0.2) is 8.42 Å². The van der Waals surface area contributed by atoms with Gasteiger partial charge in [-0.1, -0.05) is 6.92 Å². The first-order valence-corrected chi connectivity index (χ1v) is 7.88. The van der Waals surface area contributed by atoms with Gasteiger partial charge in [0.1, 0.15) is 0 Å². The molecule has 102 valence electrons. The Balaban J connectivity index is 2.64. The smallest absolute Gasteiger partial charge is 0.216 e. The largest absolute Gasteiger partial charge is 0.378 e. The van der Waals surface area contributed by atoms with Gasteiger partial charge >= 0.3 is 0 Å². The molecule has 0 spiro atoms. The molecule has 1 heterocycles. The van der Waals surface area contributed by atoms with Crippen LogP contribution >= 0.6 is 0 Å². The average molecular weight is 263 g/mol. The van der Waals surface area contributed by atoms with Crippen LogP contribution < -0.4 is 0 Å². The standard InChI is InChI=1S/C12H25NO3S/c1-10(2)16-6-7-17(14,15)13-9-11(3)8-12(13,4)5/h10-11H,6-9H2,1-5H3/t11-/m1/s1. The van der Waals surface area contributed by atoms with Crippen molar-refractivity contribution in [2.75, 3.05) is 18.9 Å². The maximum Gasteiger partial charge on any atom is 0.216 e. The molecule has 1 atom stereocenters. The third kappa shape index (κ3) is 3.93. The lowest BCUT2D eigenvalue weighted by molar-refractivity contribution is 0.0904. The van der Waals surface area contributed by atoms with E-state index < -0.39 is 10.0 Å². The Bertz CT molecular complexity index is 349. The second-order valence-corrected chi connectivity index (χ2v) is 7.90. The van der Waals surface area contributed by atoms with Crippen molar-refractivity contribution in [3.63, 3.8) is 0 Å². The average Bonchev–Trinajstić information content (AvgIpc) is 2.38. The van der Waals surface area contributed by atoms with Crippen molar-refractivity contribution in [1.82, 2.24) is 4.31 Å². The van der Waals surface area contributed by atoms with E-state index in [-0.39, 0.29) is 24.0 Å². The van der Waals surface area contributed by atoms with Crippen LogP contribution in [-0.4, -0.2) is 43.3 Å². The van der Waals surface area contributed by atoms with E-state index in [1.54, 1.807) is 4.31 Å². The molecule has 1 aliphatic rings. The highest BCUT2D eigenvalue weighted by molar-refractivity contribution is 7.89. The minimum atomic E-state index is -3.19. The van der Waals surface area contributed by atoms with Crippen LogP contribution in [0.2, 0.25) is 0 Å². The van der Waals surface area contributed by atoms with Gasteiger partial charge in [-0.2, -0.15) is 4.31 Å². The normalized spacial score (nSPS) is 25.6. The van der Waals surface area contributed by atoms with Crippen LogP contribution in [0.4, 0.5) is 0 Å². The minimum Gasteiger partial charge on any atom is -0.378 e. The molecule has 1 fully saturated rings. The number of ether oxygens (including phenoxy) is 1. The molecule has 0 aliphatic carbocycles. The summed E-state index contributed by atoms with van der Waals surface area (Å²) >= 11 is 0. The molecular formula is C12H25NO3S. The van der Waals surface area contributed by atoms with Crippen molar-refractivity contribution in [1.29, 1.82) is 0 Å². The SMILES string of the molecule is CC(C)OCCS(=O)(=O)N1C[C@H](C)CC1(C)C. The highest BCUT2D eigenvalue weighted by atomic mass is 32.2. The molecule has 4 nitrogen and oxygen atoms in total. The molecule has 0 saturated carbocycles. The molecule has 0 aromatic rings. The van der Waals surface area contributed by atoms with Crippen LogP contribution in [0.25, 0.3) is 0 Å². The first kappa shape index (κ1) is 14.9. The van der Waals surface area contributed by atoms with Gasteiger partial charge < -0.3 is 4.74 Å². The third-order valence-electron chi connectivity index (χ3n) is 3.13. The molecule has 0 unspecified atom stereocenters. The van der Waals surface area contributed by atoms with E-state index in [1.807, 2.05) is 27.7 Å². The van der Waals surface area contributed by atoms with Gasteiger partial charge in [0.25, 0.3) is 0 Å². The van der Waals surface area contributed by atoms with Crippen molar-refractivity contribution in [3.05, 3.63) is 0 Å². The van der Waals surface area contributed by atoms with Crippen LogP contribution in [0, 0.1) is 5.92 Å². The van der Waals surface area contributed by atoms with Crippen LogP contribution in [0.5, 0.6) is 0 Å². The lowest BCUT2D eigenvalue weighted by Crippen LogP contribution is -2.44. The third-order valence-corrected chi connectivity index (χ3v) is 5.13. The van der Waals surface area contributed by atoms with Gasteiger partial charge in [0.2, 0.25) is 10.0 Å². The van der Waals surface area contributed by atoms with Crippen molar-refractivity contribution in [2.24, 2.45) is 5.92 Å². The van der Waals surface area contributed by atoms with Gasteiger partial charge in [-0.3, -0.25) is 0 Å². The van der Waals surface area contributed by atoms with E-state index in [9.17, 15) is 8.42 Å². The van der Waals surface area contributed by atoms with Crippen LogP contribution in [0.1, 0.15) is 41.0 Å². The summed E-state index contributed by atoms with van der Waals surface area (Å²) < 4.78 is 31.4. The Morgan fingerprint density at radius 2 is 2.00 bits per heavy atom. The first-order chi connectivity index (χ1) is 7.65. The number of sulfonamides is 1. The molecule has 1 rings (SSSR count). The summed E-state index contributed by atoms with van der Waals surface area (Å²) in [5, 5.41) is 0. The summed E-state index contributed by atoms with van der Waals surface area (Å²) in [6, 6.07) is 0. The molecule has 1 saturated heterocycles. The van der Waals surface area contributed by atoms with Crippen LogP contribution in [0.15, 0.2) is 0 Å². The molecule has 17 heavy (non-hydrogen) atoms. The lowest BCUT2D eigenvalue weighted by atomic mass is 9.99. The summed E-state index contributed by atoms with van der Waals surface area (Å²) in [4.78, 5) is 0. The molecule has 0 N–H and O–H groups in total. The second kappa shape index (κ2) is 5.24. The molecule has 5 heteroatoms. The van der Waals surface area contributed by atoms with Gasteiger partial charge in [0.05, 0.1) is 18.5 Å².